The Labute approximate surface area is 143 Å². The molecule has 0 aromatic carbocycles. The Morgan fingerprint density at radius 2 is 2.35 bits per heavy atom. The van der Waals surface area contributed by atoms with Crippen LogP contribution in [0, 0.1) is 5.92 Å². The molecule has 1 fully saturated rings. The largest absolute Gasteiger partial charge is 0.382 e. The number of unbranched alkanes of at least 4 members (excludes halogenated alkanes) is 1. The van der Waals surface area contributed by atoms with Crippen LogP contribution in [0.5, 0.6) is 0 Å². The number of aromatic amines is 1. The fourth-order valence-corrected chi connectivity index (χ4v) is 3.05. The summed E-state index contributed by atoms with van der Waals surface area (Å²) in [4.78, 5) is 14.2. The molecule has 0 spiro atoms. The number of hydrogen-bond donors (Lipinski definition) is 3. The van der Waals surface area contributed by atoms with Crippen molar-refractivity contribution in [2.24, 2.45) is 16.6 Å². The third-order valence-electron chi connectivity index (χ3n) is 4.28. The number of nitrogens with one attached hydrogen (secondary N) is 2. The van der Waals surface area contributed by atoms with Gasteiger partial charge in [-0.1, -0.05) is 13.3 Å². The van der Waals surface area contributed by atoms with Gasteiger partial charge in [-0.3, -0.25) is 0 Å². The number of nitrogens with zero attached hydrogens (tertiary/aromatic N) is 3. The number of anilines is 1. The molecule has 1 aromatic rings. The SMILES string of the molecule is CCCCOC1N=C(N)c2nc[nH]c2N1CC1CCCNC1.Cl. The molecule has 2 aliphatic rings. The van der Waals surface area contributed by atoms with E-state index in [9.17, 15) is 0 Å². The molecule has 1 saturated heterocycles. The van der Waals surface area contributed by atoms with Crippen LogP contribution in [0.1, 0.15) is 38.3 Å². The van der Waals surface area contributed by atoms with E-state index < -0.39 is 0 Å². The first-order chi connectivity index (χ1) is 10.8. The van der Waals surface area contributed by atoms with Gasteiger partial charge in [-0.25, -0.2) is 9.98 Å². The van der Waals surface area contributed by atoms with Crippen molar-refractivity contribution in [3.05, 3.63) is 12.0 Å². The second kappa shape index (κ2) is 8.52. The minimum absolute atomic E-state index is 0. The number of amidine groups is 1. The van der Waals surface area contributed by atoms with E-state index in [2.05, 4.69) is 32.1 Å². The number of fused-ring (bicyclic) bond motifs is 1. The molecular formula is C15H27ClN6O. The van der Waals surface area contributed by atoms with Crippen LogP contribution < -0.4 is 16.0 Å². The number of piperidine rings is 1. The zero-order valence-electron chi connectivity index (χ0n) is 13.6. The second-order valence-electron chi connectivity index (χ2n) is 6.03. The van der Waals surface area contributed by atoms with Crippen LogP contribution in [0.25, 0.3) is 0 Å². The average molecular weight is 343 g/mol. The highest BCUT2D eigenvalue weighted by atomic mass is 35.5. The lowest BCUT2D eigenvalue weighted by atomic mass is 9.99. The zero-order chi connectivity index (χ0) is 15.4. The normalized spacial score (nSPS) is 23.9. The van der Waals surface area contributed by atoms with Gasteiger partial charge in [0, 0.05) is 6.54 Å². The molecule has 0 radical (unpaired) electrons. The van der Waals surface area contributed by atoms with Crippen molar-refractivity contribution in [1.82, 2.24) is 15.3 Å². The summed E-state index contributed by atoms with van der Waals surface area (Å²) < 4.78 is 5.96. The fraction of sp³-hybridized carbons (Fsp3) is 0.733. The molecule has 7 nitrogen and oxygen atoms in total. The molecule has 0 saturated carbocycles. The van der Waals surface area contributed by atoms with Gasteiger partial charge in [0.05, 0.1) is 12.9 Å². The van der Waals surface area contributed by atoms with E-state index in [1.165, 1.54) is 12.8 Å². The van der Waals surface area contributed by atoms with E-state index in [1.807, 2.05) is 0 Å². The molecule has 3 rings (SSSR count). The molecule has 8 heteroatoms. The van der Waals surface area contributed by atoms with E-state index in [0.29, 0.717) is 18.4 Å². The summed E-state index contributed by atoms with van der Waals surface area (Å²) in [5, 5.41) is 3.46. The summed E-state index contributed by atoms with van der Waals surface area (Å²) in [6.45, 7) is 5.91. The topological polar surface area (TPSA) is 91.6 Å². The van der Waals surface area contributed by atoms with E-state index in [1.54, 1.807) is 6.33 Å². The lowest BCUT2D eigenvalue weighted by Crippen LogP contribution is -2.47. The molecule has 2 unspecified atom stereocenters. The standard InChI is InChI=1S/C15H26N6O.ClH/c1-2-3-7-22-15-20-13(16)12-14(19-10-18-12)21(15)9-11-5-4-6-17-8-11;/h10-11,15,17H,2-9H2,1H3,(H2,16,20)(H,18,19);1H. The molecule has 130 valence electrons. The summed E-state index contributed by atoms with van der Waals surface area (Å²) >= 11 is 0. The Hall–Kier alpha value is -1.31. The van der Waals surface area contributed by atoms with Crippen LogP contribution in [0.3, 0.4) is 0 Å². The molecule has 3 heterocycles. The van der Waals surface area contributed by atoms with Gasteiger partial charge >= 0.3 is 0 Å². The number of hydrogen-bond acceptors (Lipinski definition) is 6. The number of H-pyrrole nitrogens is 1. The Balaban J connectivity index is 0.00000192. The zero-order valence-corrected chi connectivity index (χ0v) is 14.4. The molecule has 2 atom stereocenters. The van der Waals surface area contributed by atoms with Crippen molar-refractivity contribution in [3.8, 4) is 0 Å². The van der Waals surface area contributed by atoms with Crippen molar-refractivity contribution in [3.63, 3.8) is 0 Å². The van der Waals surface area contributed by atoms with E-state index in [4.69, 9.17) is 10.5 Å². The Bertz CT molecular complexity index is 514. The molecule has 2 aliphatic heterocycles. The predicted octanol–water partition coefficient (Wildman–Crippen LogP) is 1.46. The molecule has 0 bridgehead atoms. The van der Waals surface area contributed by atoms with Crippen LogP contribution in [0.2, 0.25) is 0 Å². The van der Waals surface area contributed by atoms with Crippen molar-refractivity contribution < 1.29 is 4.74 Å². The maximum absolute atomic E-state index is 6.03. The van der Waals surface area contributed by atoms with Gasteiger partial charge in [0.1, 0.15) is 11.5 Å². The van der Waals surface area contributed by atoms with Crippen molar-refractivity contribution in [1.29, 1.82) is 0 Å². The van der Waals surface area contributed by atoms with Gasteiger partial charge in [0.15, 0.2) is 5.84 Å². The maximum atomic E-state index is 6.03. The number of imidazole rings is 1. The monoisotopic (exact) mass is 342 g/mol. The number of ether oxygens (including phenoxy) is 1. The van der Waals surface area contributed by atoms with Crippen LogP contribution >= 0.6 is 12.4 Å². The maximum Gasteiger partial charge on any atom is 0.231 e. The molecule has 0 aliphatic carbocycles. The summed E-state index contributed by atoms with van der Waals surface area (Å²) in [6, 6.07) is 0. The van der Waals surface area contributed by atoms with Crippen molar-refractivity contribution in [2.45, 2.75) is 39.0 Å². The van der Waals surface area contributed by atoms with Crippen LogP contribution in [-0.2, 0) is 4.74 Å². The summed E-state index contributed by atoms with van der Waals surface area (Å²) in [5.74, 6) is 1.98. The number of nitrogens with two attached hydrogens (primary N) is 1. The Morgan fingerprint density at radius 3 is 3.09 bits per heavy atom. The number of rotatable bonds is 6. The molecule has 0 amide bonds. The van der Waals surface area contributed by atoms with E-state index in [-0.39, 0.29) is 18.8 Å². The summed E-state index contributed by atoms with van der Waals surface area (Å²) in [7, 11) is 0. The van der Waals surface area contributed by atoms with E-state index in [0.717, 1.165) is 44.0 Å². The highest BCUT2D eigenvalue weighted by Gasteiger charge is 2.31. The minimum atomic E-state index is -0.346. The molecular weight excluding hydrogens is 316 g/mol. The first kappa shape index (κ1) is 18.0. The third-order valence-corrected chi connectivity index (χ3v) is 4.28. The number of aromatic nitrogens is 2. The predicted molar refractivity (Wildman–Crippen MR) is 94.1 cm³/mol. The van der Waals surface area contributed by atoms with Crippen molar-refractivity contribution >= 4 is 24.1 Å². The van der Waals surface area contributed by atoms with Gasteiger partial charge < -0.3 is 25.7 Å². The van der Waals surface area contributed by atoms with Gasteiger partial charge in [0.25, 0.3) is 0 Å². The van der Waals surface area contributed by atoms with Gasteiger partial charge in [-0.05, 0) is 38.3 Å². The fourth-order valence-electron chi connectivity index (χ4n) is 3.05. The number of halogens is 1. The molecule has 23 heavy (non-hydrogen) atoms. The first-order valence-electron chi connectivity index (χ1n) is 8.25. The lowest BCUT2D eigenvalue weighted by Gasteiger charge is -2.36. The first-order valence-corrected chi connectivity index (χ1v) is 8.25. The minimum Gasteiger partial charge on any atom is -0.382 e. The van der Waals surface area contributed by atoms with Crippen LogP contribution in [0.15, 0.2) is 11.3 Å². The van der Waals surface area contributed by atoms with Gasteiger partial charge in [-0.15, -0.1) is 12.4 Å². The third kappa shape index (κ3) is 4.16. The summed E-state index contributed by atoms with van der Waals surface area (Å²) in [6.07, 6.45) is 5.91. The quantitative estimate of drug-likeness (QED) is 0.681. The molecule has 1 aromatic heterocycles. The van der Waals surface area contributed by atoms with E-state index >= 15 is 0 Å². The van der Waals surface area contributed by atoms with Crippen molar-refractivity contribution in [2.75, 3.05) is 31.1 Å². The average Bonchev–Trinajstić information content (AvgIpc) is 3.02. The highest BCUT2D eigenvalue weighted by Crippen LogP contribution is 2.27. The number of aliphatic imine (C=N–C) groups is 1. The molecule has 4 N–H and O–H groups in total. The van der Waals surface area contributed by atoms with Gasteiger partial charge in [-0.2, -0.15) is 0 Å². The van der Waals surface area contributed by atoms with Crippen LogP contribution in [0.4, 0.5) is 5.82 Å². The smallest absolute Gasteiger partial charge is 0.231 e. The second-order valence-corrected chi connectivity index (χ2v) is 6.03. The Kier molecular flexibility index (Phi) is 6.68. The summed E-state index contributed by atoms with van der Waals surface area (Å²) in [5.41, 5.74) is 6.76. The Morgan fingerprint density at radius 1 is 1.48 bits per heavy atom. The van der Waals surface area contributed by atoms with Gasteiger partial charge in [0.2, 0.25) is 6.35 Å². The highest BCUT2D eigenvalue weighted by molar-refractivity contribution is 6.01. The van der Waals surface area contributed by atoms with Crippen LogP contribution in [-0.4, -0.2) is 48.4 Å². The lowest BCUT2D eigenvalue weighted by molar-refractivity contribution is 0.0506.